The summed E-state index contributed by atoms with van der Waals surface area (Å²) in [5.41, 5.74) is 0.727. The molecule has 0 N–H and O–H groups in total. The van der Waals surface area contributed by atoms with Crippen molar-refractivity contribution < 1.29 is 4.92 Å². The van der Waals surface area contributed by atoms with E-state index in [-0.39, 0.29) is 5.69 Å². The standard InChI is InChI=1S/C10H9BrClNO2/c11-6-2-1-3-8-7-9(13(14)15)4-5-10(8)12/h1,3-5,7H,2,6H2. The second kappa shape index (κ2) is 5.88. The van der Waals surface area contributed by atoms with Crippen molar-refractivity contribution in [1.82, 2.24) is 0 Å². The van der Waals surface area contributed by atoms with E-state index < -0.39 is 4.92 Å². The van der Waals surface area contributed by atoms with Crippen LogP contribution in [0.3, 0.4) is 0 Å². The molecule has 0 bridgehead atoms. The molecule has 0 radical (unpaired) electrons. The number of benzene rings is 1. The number of nitro benzene ring substituents is 1. The molecular formula is C10H9BrClNO2. The maximum Gasteiger partial charge on any atom is 0.270 e. The molecule has 5 heteroatoms. The summed E-state index contributed by atoms with van der Waals surface area (Å²) in [6.07, 6.45) is 4.56. The van der Waals surface area contributed by atoms with Gasteiger partial charge in [-0.2, -0.15) is 0 Å². The highest BCUT2D eigenvalue weighted by Gasteiger charge is 2.07. The van der Waals surface area contributed by atoms with E-state index in [4.69, 9.17) is 11.6 Å². The van der Waals surface area contributed by atoms with Crippen LogP contribution < -0.4 is 0 Å². The SMILES string of the molecule is O=[N+]([O-])c1ccc(Cl)c(C=CCCBr)c1. The zero-order chi connectivity index (χ0) is 11.3. The van der Waals surface area contributed by atoms with Crippen LogP contribution in [-0.2, 0) is 0 Å². The molecule has 3 nitrogen and oxygen atoms in total. The summed E-state index contributed by atoms with van der Waals surface area (Å²) in [7, 11) is 0. The van der Waals surface area contributed by atoms with Gasteiger partial charge in [0.1, 0.15) is 0 Å². The second-order valence-corrected chi connectivity index (χ2v) is 4.04. The number of nitro groups is 1. The summed E-state index contributed by atoms with van der Waals surface area (Å²) in [6, 6.07) is 4.39. The third kappa shape index (κ3) is 3.64. The number of hydrogen-bond donors (Lipinski definition) is 0. The number of nitrogens with zero attached hydrogens (tertiary/aromatic N) is 1. The van der Waals surface area contributed by atoms with Gasteiger partial charge in [0.2, 0.25) is 0 Å². The first kappa shape index (κ1) is 12.2. The van der Waals surface area contributed by atoms with Gasteiger partial charge in [-0.15, -0.1) is 0 Å². The Hall–Kier alpha value is -0.870. The van der Waals surface area contributed by atoms with Crippen molar-refractivity contribution in [1.29, 1.82) is 0 Å². The summed E-state index contributed by atoms with van der Waals surface area (Å²) in [6.45, 7) is 0. The Labute approximate surface area is 101 Å². The van der Waals surface area contributed by atoms with Crippen molar-refractivity contribution in [2.75, 3.05) is 5.33 Å². The first-order valence-corrected chi connectivity index (χ1v) is 5.81. The van der Waals surface area contributed by atoms with Gasteiger partial charge in [-0.1, -0.05) is 39.7 Å². The molecule has 0 saturated heterocycles. The van der Waals surface area contributed by atoms with Crippen LogP contribution in [0.1, 0.15) is 12.0 Å². The highest BCUT2D eigenvalue weighted by molar-refractivity contribution is 9.09. The van der Waals surface area contributed by atoms with E-state index in [0.717, 1.165) is 11.8 Å². The molecule has 0 aliphatic rings. The molecule has 1 aromatic rings. The fourth-order valence-electron chi connectivity index (χ4n) is 1.05. The summed E-state index contributed by atoms with van der Waals surface area (Å²) in [4.78, 5) is 10.1. The average Bonchev–Trinajstić information content (AvgIpc) is 2.20. The summed E-state index contributed by atoms with van der Waals surface area (Å²) in [5.74, 6) is 0. The third-order valence-corrected chi connectivity index (χ3v) is 2.57. The van der Waals surface area contributed by atoms with Crippen LogP contribution in [0.15, 0.2) is 24.3 Å². The van der Waals surface area contributed by atoms with E-state index in [9.17, 15) is 10.1 Å². The summed E-state index contributed by atoms with van der Waals surface area (Å²) in [5, 5.41) is 11.9. The molecular weight excluding hydrogens is 281 g/mol. The van der Waals surface area contributed by atoms with Crippen LogP contribution in [0.4, 0.5) is 5.69 Å². The van der Waals surface area contributed by atoms with Crippen LogP contribution in [-0.4, -0.2) is 10.3 Å². The first-order chi connectivity index (χ1) is 7.15. The van der Waals surface area contributed by atoms with Crippen LogP contribution in [0.25, 0.3) is 6.08 Å². The van der Waals surface area contributed by atoms with Gasteiger partial charge in [0, 0.05) is 22.5 Å². The molecule has 0 heterocycles. The normalized spacial score (nSPS) is 10.8. The molecule has 0 amide bonds. The number of hydrogen-bond acceptors (Lipinski definition) is 2. The predicted molar refractivity (Wildman–Crippen MR) is 65.6 cm³/mol. The Balaban J connectivity index is 2.95. The van der Waals surface area contributed by atoms with E-state index in [1.807, 2.05) is 6.08 Å². The first-order valence-electron chi connectivity index (χ1n) is 4.31. The lowest BCUT2D eigenvalue weighted by Crippen LogP contribution is -1.88. The fraction of sp³-hybridized carbons (Fsp3) is 0.200. The molecule has 0 fully saturated rings. The van der Waals surface area contributed by atoms with Crippen LogP contribution in [0.5, 0.6) is 0 Å². The van der Waals surface area contributed by atoms with Gasteiger partial charge < -0.3 is 0 Å². The zero-order valence-corrected chi connectivity index (χ0v) is 10.2. The van der Waals surface area contributed by atoms with Crippen LogP contribution in [0.2, 0.25) is 5.02 Å². The van der Waals surface area contributed by atoms with Crippen molar-refractivity contribution in [3.63, 3.8) is 0 Å². The Morgan fingerprint density at radius 1 is 1.53 bits per heavy atom. The Morgan fingerprint density at radius 3 is 2.87 bits per heavy atom. The maximum atomic E-state index is 10.5. The van der Waals surface area contributed by atoms with E-state index in [1.165, 1.54) is 18.2 Å². The van der Waals surface area contributed by atoms with Crippen molar-refractivity contribution in [2.45, 2.75) is 6.42 Å². The largest absolute Gasteiger partial charge is 0.270 e. The molecule has 0 aliphatic carbocycles. The maximum absolute atomic E-state index is 10.5. The topological polar surface area (TPSA) is 43.1 Å². The molecule has 1 rings (SSSR count). The molecule has 80 valence electrons. The van der Waals surface area contributed by atoms with Gasteiger partial charge in [0.15, 0.2) is 0 Å². The molecule has 0 aliphatic heterocycles. The van der Waals surface area contributed by atoms with Gasteiger partial charge in [0.25, 0.3) is 5.69 Å². The van der Waals surface area contributed by atoms with Crippen molar-refractivity contribution in [2.24, 2.45) is 0 Å². The predicted octanol–water partition coefficient (Wildman–Crippen LogP) is 4.05. The van der Waals surface area contributed by atoms with Crippen molar-refractivity contribution >= 4 is 39.3 Å². The minimum absolute atomic E-state index is 0.0536. The van der Waals surface area contributed by atoms with Gasteiger partial charge in [-0.05, 0) is 18.1 Å². The Morgan fingerprint density at radius 2 is 2.27 bits per heavy atom. The molecule has 0 unspecified atom stereocenters. The minimum Gasteiger partial charge on any atom is -0.258 e. The molecule has 0 saturated carbocycles. The molecule has 15 heavy (non-hydrogen) atoms. The number of alkyl halides is 1. The smallest absolute Gasteiger partial charge is 0.258 e. The zero-order valence-electron chi connectivity index (χ0n) is 7.82. The van der Waals surface area contributed by atoms with Crippen molar-refractivity contribution in [3.8, 4) is 0 Å². The molecule has 0 atom stereocenters. The van der Waals surface area contributed by atoms with E-state index in [1.54, 1.807) is 6.08 Å². The quantitative estimate of drug-likeness (QED) is 0.477. The lowest BCUT2D eigenvalue weighted by Gasteiger charge is -1.97. The van der Waals surface area contributed by atoms with E-state index >= 15 is 0 Å². The Bertz CT molecular complexity index is 393. The minimum atomic E-state index is -0.432. The van der Waals surface area contributed by atoms with Gasteiger partial charge >= 0.3 is 0 Å². The van der Waals surface area contributed by atoms with Crippen LogP contribution in [0, 0.1) is 10.1 Å². The molecule has 0 aromatic heterocycles. The number of non-ortho nitro benzene ring substituents is 1. The monoisotopic (exact) mass is 289 g/mol. The van der Waals surface area contributed by atoms with Crippen molar-refractivity contribution in [3.05, 3.63) is 45.0 Å². The second-order valence-electron chi connectivity index (χ2n) is 2.84. The summed E-state index contributed by atoms with van der Waals surface area (Å²) < 4.78 is 0. The summed E-state index contributed by atoms with van der Waals surface area (Å²) >= 11 is 9.18. The molecule has 1 aromatic carbocycles. The number of halogens is 2. The highest BCUT2D eigenvalue weighted by atomic mass is 79.9. The van der Waals surface area contributed by atoms with Gasteiger partial charge in [-0.25, -0.2) is 0 Å². The van der Waals surface area contributed by atoms with Gasteiger partial charge in [-0.3, -0.25) is 10.1 Å². The Kier molecular flexibility index (Phi) is 4.78. The lowest BCUT2D eigenvalue weighted by atomic mass is 10.2. The van der Waals surface area contributed by atoms with Gasteiger partial charge in [0.05, 0.1) is 4.92 Å². The number of allylic oxidation sites excluding steroid dienone is 1. The third-order valence-electron chi connectivity index (χ3n) is 1.76. The average molecular weight is 291 g/mol. The van der Waals surface area contributed by atoms with Crippen LogP contribution >= 0.6 is 27.5 Å². The van der Waals surface area contributed by atoms with E-state index in [0.29, 0.717) is 10.6 Å². The fourth-order valence-corrected chi connectivity index (χ4v) is 1.49. The highest BCUT2D eigenvalue weighted by Crippen LogP contribution is 2.23. The number of rotatable bonds is 4. The lowest BCUT2D eigenvalue weighted by molar-refractivity contribution is -0.384. The van der Waals surface area contributed by atoms with E-state index in [2.05, 4.69) is 15.9 Å². The molecule has 0 spiro atoms.